The summed E-state index contributed by atoms with van der Waals surface area (Å²) in [4.78, 5) is 117. The van der Waals surface area contributed by atoms with Crippen LogP contribution in [0.4, 0.5) is 0 Å². The number of fused-ring (bicyclic) bond motifs is 2. The van der Waals surface area contributed by atoms with E-state index in [1.54, 1.807) is 27.9 Å². The molecule has 2 heterocycles. The molecule has 438 valence electrons. The van der Waals surface area contributed by atoms with Crippen LogP contribution in [-0.2, 0) is 41.6 Å². The Labute approximate surface area is 483 Å². The molecule has 7 rings (SSSR count). The molecule has 8 amide bonds. The van der Waals surface area contributed by atoms with Gasteiger partial charge in [-0.2, -0.15) is 0 Å². The van der Waals surface area contributed by atoms with Crippen molar-refractivity contribution >= 4 is 72.1 Å². The summed E-state index contributed by atoms with van der Waals surface area (Å²) < 4.78 is 5.60. The first-order valence-electron chi connectivity index (χ1n) is 27.6. The number of methoxy groups -OCH3 is 1. The monoisotopic (exact) mass is 1150 g/mol. The number of likely N-dealkylation sites (tertiary alicyclic amines) is 2. The lowest BCUT2D eigenvalue weighted by atomic mass is 9.85. The molecule has 0 bridgehead atoms. The van der Waals surface area contributed by atoms with Crippen molar-refractivity contribution in [3.63, 3.8) is 0 Å². The van der Waals surface area contributed by atoms with Crippen molar-refractivity contribution in [3.8, 4) is 5.75 Å². The molecule has 2 aliphatic heterocycles. The summed E-state index contributed by atoms with van der Waals surface area (Å²) in [7, 11) is 4.70. The number of halogens is 2. The summed E-state index contributed by atoms with van der Waals surface area (Å²) in [5.74, 6) is -3.42. The second kappa shape index (κ2) is 27.5. The number of benzene rings is 3. The first-order chi connectivity index (χ1) is 36.9. The molecule has 0 radical (unpaired) electrons. The van der Waals surface area contributed by atoms with Crippen molar-refractivity contribution in [2.75, 3.05) is 34.3 Å². The van der Waals surface area contributed by atoms with E-state index in [0.717, 1.165) is 60.8 Å². The third-order valence-electron chi connectivity index (χ3n) is 15.9. The maximum absolute atomic E-state index is 14.8. The number of carbonyl (C=O) groups is 8. The van der Waals surface area contributed by atoms with Crippen LogP contribution in [0.15, 0.2) is 66.7 Å². The van der Waals surface area contributed by atoms with Crippen LogP contribution < -0.4 is 47.3 Å². The minimum Gasteiger partial charge on any atom is -0.497 e. The number of nitrogens with one attached hydrogen (secondary N) is 8. The lowest BCUT2D eigenvalue weighted by molar-refractivity contribution is -0.144. The van der Waals surface area contributed by atoms with Crippen molar-refractivity contribution in [2.24, 2.45) is 10.8 Å². The van der Waals surface area contributed by atoms with E-state index in [2.05, 4.69) is 54.7 Å². The zero-order chi connectivity index (χ0) is 56.8. The molecule has 19 nitrogen and oxygen atoms in total. The average molecular weight is 1150 g/mol. The van der Waals surface area contributed by atoms with E-state index in [1.807, 2.05) is 77.9 Å². The normalized spacial score (nSPS) is 22.0. The van der Waals surface area contributed by atoms with Gasteiger partial charge in [-0.15, -0.1) is 24.8 Å². The van der Waals surface area contributed by atoms with Crippen LogP contribution in [0, 0.1) is 10.8 Å². The largest absolute Gasteiger partial charge is 0.497 e. The summed E-state index contributed by atoms with van der Waals surface area (Å²) >= 11 is 0. The molecule has 0 saturated carbocycles. The molecule has 10 atom stereocenters. The summed E-state index contributed by atoms with van der Waals surface area (Å²) in [5.41, 5.74) is 2.96. The van der Waals surface area contributed by atoms with Crippen LogP contribution in [0.25, 0.3) is 0 Å². The van der Waals surface area contributed by atoms with Crippen molar-refractivity contribution < 1.29 is 43.1 Å². The Bertz CT molecular complexity index is 2570. The Morgan fingerprint density at radius 1 is 0.562 bits per heavy atom. The van der Waals surface area contributed by atoms with Crippen LogP contribution >= 0.6 is 24.8 Å². The van der Waals surface area contributed by atoms with Crippen LogP contribution in [-0.4, -0.2) is 140 Å². The maximum atomic E-state index is 14.8. The van der Waals surface area contributed by atoms with Crippen LogP contribution in [0.1, 0.15) is 149 Å². The molecule has 2 fully saturated rings. The second-order valence-corrected chi connectivity index (χ2v) is 23.7. The van der Waals surface area contributed by atoms with E-state index in [4.69, 9.17) is 4.74 Å². The Morgan fingerprint density at radius 2 is 0.938 bits per heavy atom. The predicted octanol–water partition coefficient (Wildman–Crippen LogP) is 4.60. The number of amides is 8. The van der Waals surface area contributed by atoms with E-state index in [0.29, 0.717) is 0 Å². The van der Waals surface area contributed by atoms with Gasteiger partial charge in [0.15, 0.2) is 0 Å². The Kier molecular flexibility index (Phi) is 22.2. The fraction of sp³-hybridized carbons (Fsp3) is 0.559. The molecular formula is C59H84Cl2N10O9. The zero-order valence-electron chi connectivity index (χ0n) is 48.1. The number of carbonyl (C=O) groups excluding carboxylic acids is 8. The first kappa shape index (κ1) is 64.5. The SMILES string of the molecule is CN[C@@H](C)C(=O)N[C@H](C(=O)N1C[C@@H](NC(=O)c2cc(OC)cc(C(=O)N[C@H]3C[C@@H](C(=O)N[C@@H]4CCCc5ccccc54)N(C(=O)[C@@H](NC(=O)[C@H](C)NC)C(C)(C)C)C3)c2)C[C@H]1C(=O)N[C@@H]1CCCc2ccccc21)C(C)(C)C.Cl.Cl. The molecule has 21 heteroatoms. The van der Waals surface area contributed by atoms with Gasteiger partial charge in [0, 0.05) is 36.3 Å². The van der Waals surface area contributed by atoms with Crippen molar-refractivity contribution in [1.29, 1.82) is 0 Å². The van der Waals surface area contributed by atoms with Gasteiger partial charge in [-0.3, -0.25) is 38.4 Å². The summed E-state index contributed by atoms with van der Waals surface area (Å²) in [6.07, 6.45) is 5.10. The third-order valence-corrected chi connectivity index (χ3v) is 15.9. The second-order valence-electron chi connectivity index (χ2n) is 23.7. The van der Waals surface area contributed by atoms with E-state index in [9.17, 15) is 38.4 Å². The Balaban J connectivity index is 0.00000588. The molecule has 2 saturated heterocycles. The molecule has 0 aromatic heterocycles. The van der Waals surface area contributed by atoms with Gasteiger partial charge in [-0.25, -0.2) is 0 Å². The summed E-state index contributed by atoms with van der Waals surface area (Å²) in [6.45, 7) is 14.3. The fourth-order valence-electron chi connectivity index (χ4n) is 11.2. The Hall–Kier alpha value is -6.28. The first-order valence-corrected chi connectivity index (χ1v) is 27.6. The molecule has 8 N–H and O–H groups in total. The molecule has 3 aromatic rings. The van der Waals surface area contributed by atoms with Gasteiger partial charge < -0.3 is 57.1 Å². The van der Waals surface area contributed by atoms with Crippen LogP contribution in [0.3, 0.4) is 0 Å². The standard InChI is InChI=1S/C59H82N10O9.2ClH/c1-33(60-9)50(70)66-48(58(3,4)5)56(76)68-31-39(29-46(68)54(74)64-44-24-16-20-35-18-12-14-22-42(35)44)62-52(72)37-26-38(28-41(27-37)78-11)53(73)63-40-30-47(55(75)65-45-25-17-21-36-19-13-15-23-43(36)45)69(32-40)57(77)49(59(6,7)8)67-51(71)34(2)61-10;;/h12-15,18-19,22-23,26-28,33-34,39-40,44-49,60-61H,16-17,20-21,24-25,29-32H2,1-11H3,(H,62,72)(H,63,73)(H,64,74)(H,65,75)(H,66,70)(H,67,71);2*1H/t33-,34-,39-,40-,44+,45+,46-,47-,48+,49+;;/m0../s1. The highest BCUT2D eigenvalue weighted by Crippen LogP contribution is 2.34. The highest BCUT2D eigenvalue weighted by molar-refractivity contribution is 6.01. The van der Waals surface area contributed by atoms with Crippen molar-refractivity contribution in [3.05, 3.63) is 100 Å². The molecule has 2 aliphatic carbocycles. The predicted molar refractivity (Wildman–Crippen MR) is 311 cm³/mol. The number of ether oxygens (including phenoxy) is 1. The van der Waals surface area contributed by atoms with Gasteiger partial charge in [0.05, 0.1) is 31.3 Å². The molecule has 0 unspecified atom stereocenters. The van der Waals surface area contributed by atoms with E-state index < -0.39 is 82.8 Å². The van der Waals surface area contributed by atoms with E-state index in [-0.39, 0.29) is 103 Å². The highest BCUT2D eigenvalue weighted by Gasteiger charge is 2.48. The van der Waals surface area contributed by atoms with Gasteiger partial charge in [-0.05, 0) is 131 Å². The number of nitrogens with zero attached hydrogens (tertiary/aromatic N) is 2. The van der Waals surface area contributed by atoms with Crippen molar-refractivity contribution in [1.82, 2.24) is 52.3 Å². The maximum Gasteiger partial charge on any atom is 0.251 e. The van der Waals surface area contributed by atoms with Gasteiger partial charge in [0.25, 0.3) is 11.8 Å². The van der Waals surface area contributed by atoms with E-state index in [1.165, 1.54) is 35.1 Å². The van der Waals surface area contributed by atoms with Gasteiger partial charge in [0.1, 0.15) is 29.9 Å². The summed E-state index contributed by atoms with van der Waals surface area (Å²) in [6, 6.07) is 13.1. The van der Waals surface area contributed by atoms with Crippen LogP contribution in [0.2, 0.25) is 0 Å². The highest BCUT2D eigenvalue weighted by atomic mass is 35.5. The smallest absolute Gasteiger partial charge is 0.251 e. The number of likely N-dealkylation sites (N-methyl/N-ethyl adjacent to an activating group) is 2. The van der Waals surface area contributed by atoms with Gasteiger partial charge in [-0.1, -0.05) is 90.1 Å². The topological polar surface area (TPSA) is 249 Å². The summed E-state index contributed by atoms with van der Waals surface area (Å²) in [5, 5.41) is 24.1. The van der Waals surface area contributed by atoms with Crippen LogP contribution in [0.5, 0.6) is 5.75 Å². The molecule has 80 heavy (non-hydrogen) atoms. The molecule has 0 spiro atoms. The lowest BCUT2D eigenvalue weighted by Crippen LogP contribution is -2.59. The molecule has 4 aliphatic rings. The average Bonchev–Trinajstić information content (AvgIpc) is 4.05. The number of hydrogen-bond donors (Lipinski definition) is 8. The quantitative estimate of drug-likeness (QED) is 0.0928. The van der Waals surface area contributed by atoms with E-state index >= 15 is 0 Å². The minimum absolute atomic E-state index is 0. The number of rotatable bonds is 17. The van der Waals surface area contributed by atoms with Gasteiger partial charge >= 0.3 is 0 Å². The molecular weight excluding hydrogens is 1060 g/mol. The fourth-order valence-corrected chi connectivity index (χ4v) is 11.2. The number of hydrogen-bond acceptors (Lipinski definition) is 11. The number of aryl methyl sites for hydroxylation is 2. The Morgan fingerprint density at radius 3 is 1.29 bits per heavy atom. The minimum atomic E-state index is -1.02. The lowest BCUT2D eigenvalue weighted by Gasteiger charge is -2.36. The van der Waals surface area contributed by atoms with Crippen molar-refractivity contribution in [2.45, 2.75) is 167 Å². The van der Waals surface area contributed by atoms with Gasteiger partial charge in [0.2, 0.25) is 35.4 Å². The molecule has 3 aromatic carbocycles. The zero-order valence-corrected chi connectivity index (χ0v) is 49.7. The third kappa shape index (κ3) is 15.2.